The Morgan fingerprint density at radius 3 is 2.15 bits per heavy atom. The number of carbonyl (C=O) groups is 4. The molecule has 0 unspecified atom stereocenters. The number of hydrogen-bond acceptors (Lipinski definition) is 5. The van der Waals surface area contributed by atoms with Gasteiger partial charge < -0.3 is 15.2 Å². The molecule has 0 saturated carbocycles. The van der Waals surface area contributed by atoms with Crippen molar-refractivity contribution >= 4 is 23.9 Å². The van der Waals surface area contributed by atoms with Crippen LogP contribution in [0.5, 0.6) is 0 Å². The van der Waals surface area contributed by atoms with E-state index in [1.807, 2.05) is 0 Å². The first-order chi connectivity index (χ1) is 12.1. The monoisotopic (exact) mass is 362 g/mol. The maximum atomic E-state index is 12.4. The van der Waals surface area contributed by atoms with Crippen LogP contribution in [0.15, 0.2) is 24.3 Å². The van der Waals surface area contributed by atoms with Gasteiger partial charge in [-0.05, 0) is 45.7 Å². The Kier molecular flexibility index (Phi) is 5.64. The first kappa shape index (κ1) is 19.4. The molecule has 3 amide bonds. The first-order valence-electron chi connectivity index (χ1n) is 8.28. The maximum absolute atomic E-state index is 12.4. The van der Waals surface area contributed by atoms with Gasteiger partial charge in [0.25, 0.3) is 11.8 Å². The van der Waals surface area contributed by atoms with Crippen LogP contribution in [0, 0.1) is 0 Å². The molecule has 2 N–H and O–H groups in total. The topological polar surface area (TPSA) is 113 Å². The molecule has 1 aromatic rings. The highest BCUT2D eigenvalue weighted by Gasteiger charge is 2.42. The van der Waals surface area contributed by atoms with Gasteiger partial charge in [0.2, 0.25) is 0 Å². The average molecular weight is 362 g/mol. The van der Waals surface area contributed by atoms with Gasteiger partial charge in [0, 0.05) is 6.54 Å². The molecular formula is C18H22N2O6. The second kappa shape index (κ2) is 7.55. The Hall–Kier alpha value is -2.90. The Balaban J connectivity index is 1.96. The van der Waals surface area contributed by atoms with Crippen molar-refractivity contribution in [2.75, 3.05) is 6.54 Å². The van der Waals surface area contributed by atoms with Crippen molar-refractivity contribution in [1.29, 1.82) is 0 Å². The van der Waals surface area contributed by atoms with E-state index in [9.17, 15) is 24.3 Å². The summed E-state index contributed by atoms with van der Waals surface area (Å²) in [5.41, 5.74) is -0.223. The van der Waals surface area contributed by atoms with Crippen molar-refractivity contribution in [3.63, 3.8) is 0 Å². The number of ether oxygens (including phenoxy) is 1. The number of benzene rings is 1. The molecule has 26 heavy (non-hydrogen) atoms. The van der Waals surface area contributed by atoms with Crippen LogP contribution in [0.3, 0.4) is 0 Å². The lowest BCUT2D eigenvalue weighted by molar-refractivity contribution is -0.141. The fourth-order valence-corrected chi connectivity index (χ4v) is 2.65. The third kappa shape index (κ3) is 4.38. The Bertz CT molecular complexity index is 702. The van der Waals surface area contributed by atoms with Gasteiger partial charge in [-0.2, -0.15) is 0 Å². The molecule has 8 heteroatoms. The standard InChI is InChI=1S/C18H22N2O6/c1-18(2,3)26-17(25)19-10-6-9-13(16(23)24)20-14(21)11-7-4-5-8-12(11)15(20)22/h4-5,7-8,13H,6,9-10H2,1-3H3,(H,19,25)(H,23,24)/t13-/m0/s1. The van der Waals surface area contributed by atoms with Crippen molar-refractivity contribution in [2.45, 2.75) is 45.3 Å². The van der Waals surface area contributed by atoms with Gasteiger partial charge in [-0.15, -0.1) is 0 Å². The van der Waals surface area contributed by atoms with Crippen LogP contribution in [-0.2, 0) is 9.53 Å². The predicted molar refractivity (Wildman–Crippen MR) is 91.8 cm³/mol. The number of imide groups is 1. The molecule has 8 nitrogen and oxygen atoms in total. The molecule has 0 fully saturated rings. The van der Waals surface area contributed by atoms with Crippen LogP contribution < -0.4 is 5.32 Å². The van der Waals surface area contributed by atoms with E-state index in [0.717, 1.165) is 4.90 Å². The molecule has 0 saturated heterocycles. The number of amides is 3. The molecule has 0 spiro atoms. The van der Waals surface area contributed by atoms with Gasteiger partial charge >= 0.3 is 12.1 Å². The fraction of sp³-hybridized carbons (Fsp3) is 0.444. The predicted octanol–water partition coefficient (Wildman–Crippen LogP) is 2.04. The van der Waals surface area contributed by atoms with Crippen LogP contribution in [0.4, 0.5) is 4.79 Å². The minimum atomic E-state index is -1.29. The van der Waals surface area contributed by atoms with Gasteiger partial charge in [0.05, 0.1) is 11.1 Å². The zero-order chi connectivity index (χ0) is 19.5. The Labute approximate surface area is 151 Å². The number of nitrogens with one attached hydrogen (secondary N) is 1. The van der Waals surface area contributed by atoms with Crippen molar-refractivity contribution < 1.29 is 29.0 Å². The van der Waals surface area contributed by atoms with E-state index >= 15 is 0 Å². The van der Waals surface area contributed by atoms with E-state index in [-0.39, 0.29) is 30.5 Å². The van der Waals surface area contributed by atoms with Crippen molar-refractivity contribution in [1.82, 2.24) is 10.2 Å². The second-order valence-electron chi connectivity index (χ2n) is 6.95. The molecule has 0 aliphatic carbocycles. The molecular weight excluding hydrogens is 340 g/mol. The number of fused-ring (bicyclic) bond motifs is 1. The number of rotatable bonds is 6. The van der Waals surface area contributed by atoms with Gasteiger partial charge in [-0.1, -0.05) is 12.1 Å². The molecule has 1 atom stereocenters. The zero-order valence-corrected chi connectivity index (χ0v) is 14.9. The largest absolute Gasteiger partial charge is 0.480 e. The summed E-state index contributed by atoms with van der Waals surface area (Å²) in [6.45, 7) is 5.36. The highest BCUT2D eigenvalue weighted by molar-refractivity contribution is 6.22. The zero-order valence-electron chi connectivity index (χ0n) is 14.9. The van der Waals surface area contributed by atoms with Crippen LogP contribution in [0.1, 0.15) is 54.3 Å². The minimum Gasteiger partial charge on any atom is -0.480 e. The fourth-order valence-electron chi connectivity index (χ4n) is 2.65. The molecule has 140 valence electrons. The Morgan fingerprint density at radius 1 is 1.15 bits per heavy atom. The smallest absolute Gasteiger partial charge is 0.407 e. The lowest BCUT2D eigenvalue weighted by Gasteiger charge is -2.23. The van der Waals surface area contributed by atoms with Crippen LogP contribution in [0.25, 0.3) is 0 Å². The number of carboxylic acid groups (broad SMARTS) is 1. The highest BCUT2D eigenvalue weighted by atomic mass is 16.6. The number of carboxylic acids is 1. The second-order valence-corrected chi connectivity index (χ2v) is 6.95. The highest BCUT2D eigenvalue weighted by Crippen LogP contribution is 2.26. The lowest BCUT2D eigenvalue weighted by atomic mass is 10.1. The third-order valence-corrected chi connectivity index (χ3v) is 3.74. The number of aliphatic carboxylic acids is 1. The van der Waals surface area contributed by atoms with Crippen LogP contribution >= 0.6 is 0 Å². The van der Waals surface area contributed by atoms with Crippen LogP contribution in [-0.4, -0.2) is 52.1 Å². The van der Waals surface area contributed by atoms with E-state index in [1.54, 1.807) is 32.9 Å². The van der Waals surface area contributed by atoms with E-state index in [1.165, 1.54) is 12.1 Å². The lowest BCUT2D eigenvalue weighted by Crippen LogP contribution is -2.45. The first-order valence-corrected chi connectivity index (χ1v) is 8.28. The van der Waals surface area contributed by atoms with Crippen molar-refractivity contribution in [3.8, 4) is 0 Å². The summed E-state index contributed by atoms with van der Waals surface area (Å²) >= 11 is 0. The summed E-state index contributed by atoms with van der Waals surface area (Å²) in [7, 11) is 0. The summed E-state index contributed by atoms with van der Waals surface area (Å²) in [4.78, 5) is 48.7. The maximum Gasteiger partial charge on any atom is 0.407 e. The van der Waals surface area contributed by atoms with Crippen molar-refractivity contribution in [2.24, 2.45) is 0 Å². The molecule has 0 bridgehead atoms. The normalized spacial score (nSPS) is 14.8. The Morgan fingerprint density at radius 2 is 1.69 bits per heavy atom. The third-order valence-electron chi connectivity index (χ3n) is 3.74. The molecule has 1 heterocycles. The van der Waals surface area contributed by atoms with Gasteiger partial charge in [0.1, 0.15) is 11.6 Å². The molecule has 1 aliphatic rings. The summed E-state index contributed by atoms with van der Waals surface area (Å²) in [5, 5.41) is 12.0. The number of alkyl carbamates (subject to hydrolysis) is 1. The minimum absolute atomic E-state index is 0.0244. The summed E-state index contributed by atoms with van der Waals surface area (Å²) < 4.78 is 5.08. The number of hydrogen-bond donors (Lipinski definition) is 2. The average Bonchev–Trinajstić information content (AvgIpc) is 2.78. The van der Waals surface area contributed by atoms with Gasteiger partial charge in [-0.3, -0.25) is 14.5 Å². The molecule has 1 aromatic carbocycles. The molecule has 1 aliphatic heterocycles. The van der Waals surface area contributed by atoms with Crippen LogP contribution in [0.2, 0.25) is 0 Å². The summed E-state index contributed by atoms with van der Waals surface area (Å²) in [5.74, 6) is -2.49. The quantitative estimate of drug-likeness (QED) is 0.591. The number of carbonyl (C=O) groups excluding carboxylic acids is 3. The summed E-state index contributed by atoms with van der Waals surface area (Å²) in [6, 6.07) is 4.95. The van der Waals surface area contributed by atoms with E-state index in [4.69, 9.17) is 4.74 Å². The van der Waals surface area contributed by atoms with Crippen molar-refractivity contribution in [3.05, 3.63) is 35.4 Å². The molecule has 2 rings (SSSR count). The SMILES string of the molecule is CC(C)(C)OC(=O)NCCC[C@@H](C(=O)O)N1C(=O)c2ccccc2C1=O. The van der Waals surface area contributed by atoms with E-state index < -0.39 is 35.5 Å². The summed E-state index contributed by atoms with van der Waals surface area (Å²) in [6.07, 6.45) is -0.315. The van der Waals surface area contributed by atoms with E-state index in [0.29, 0.717) is 0 Å². The van der Waals surface area contributed by atoms with E-state index in [2.05, 4.69) is 5.32 Å². The van der Waals surface area contributed by atoms with Gasteiger partial charge in [-0.25, -0.2) is 9.59 Å². The number of nitrogens with zero attached hydrogens (tertiary/aromatic N) is 1. The molecule has 0 aromatic heterocycles. The molecule has 0 radical (unpaired) electrons. The van der Waals surface area contributed by atoms with Gasteiger partial charge in [0.15, 0.2) is 0 Å².